The number of methoxy groups -OCH3 is 1. The predicted octanol–water partition coefficient (Wildman–Crippen LogP) is 2.65. The summed E-state index contributed by atoms with van der Waals surface area (Å²) in [6, 6.07) is 6.06. The number of amides is 3. The summed E-state index contributed by atoms with van der Waals surface area (Å²) in [5, 5.41) is 6.70. The second kappa shape index (κ2) is 9.75. The molecule has 2 aromatic rings. The van der Waals surface area contributed by atoms with Gasteiger partial charge in [-0.1, -0.05) is 13.0 Å². The van der Waals surface area contributed by atoms with Crippen molar-refractivity contribution >= 4 is 34.4 Å². The van der Waals surface area contributed by atoms with Gasteiger partial charge < -0.3 is 25.3 Å². The molecule has 9 heteroatoms. The van der Waals surface area contributed by atoms with E-state index in [4.69, 9.17) is 4.74 Å². The normalized spacial score (nSPS) is 30.4. The minimum atomic E-state index is -0.731. The molecular weight excluding hydrogens is 484 g/mol. The van der Waals surface area contributed by atoms with Gasteiger partial charge in [0.05, 0.1) is 13.2 Å². The number of benzene rings is 1. The number of hydrogen-bond donors (Lipinski definition) is 3. The highest BCUT2D eigenvalue weighted by Gasteiger charge is 2.62. The lowest BCUT2D eigenvalue weighted by atomic mass is 9.87. The lowest BCUT2D eigenvalue weighted by Crippen LogP contribution is -2.54. The highest BCUT2D eigenvalue weighted by molar-refractivity contribution is 6.02. The maximum absolute atomic E-state index is 13.9. The van der Waals surface area contributed by atoms with Crippen molar-refractivity contribution in [2.75, 3.05) is 20.2 Å². The molecule has 3 heterocycles. The molecule has 38 heavy (non-hydrogen) atoms. The second-order valence-electron chi connectivity index (χ2n) is 11.5. The molecule has 0 radical (unpaired) electrons. The van der Waals surface area contributed by atoms with Gasteiger partial charge in [0.25, 0.3) is 5.91 Å². The van der Waals surface area contributed by atoms with Crippen molar-refractivity contribution in [3.8, 4) is 5.75 Å². The lowest BCUT2D eigenvalue weighted by molar-refractivity contribution is -0.133. The van der Waals surface area contributed by atoms with Gasteiger partial charge in [-0.2, -0.15) is 0 Å². The molecule has 202 valence electrons. The Balaban J connectivity index is 1.26. The van der Waals surface area contributed by atoms with Crippen LogP contribution in [0.15, 0.2) is 24.3 Å². The van der Waals surface area contributed by atoms with Crippen molar-refractivity contribution in [1.29, 1.82) is 0 Å². The van der Waals surface area contributed by atoms with Crippen LogP contribution in [0.1, 0.15) is 55.9 Å². The monoisotopic (exact) mass is 520 g/mol. The summed E-state index contributed by atoms with van der Waals surface area (Å²) in [6.45, 7) is 2.98. The molecule has 1 aromatic heterocycles. The molecule has 7 atom stereocenters. The lowest BCUT2D eigenvalue weighted by Gasteiger charge is -2.30. The van der Waals surface area contributed by atoms with Crippen LogP contribution in [-0.2, 0) is 14.4 Å². The standard InChI is InChI=1S/C29H36N4O5/c1-3-24(34)22(12-15-6-5-9-30-27(15)35)32-28(36)26-18-11-16-10-17(16)20(18)14-33(26)29(37)23-13-19-21(31-23)7-4-8-25(19)38-2/h4,7-8,13,15-18,20,22,26,31H,3,5-6,9-12,14H2,1-2H3,(H,30,35)(H,32,36). The fourth-order valence-electron chi connectivity index (χ4n) is 7.35. The van der Waals surface area contributed by atoms with Gasteiger partial charge in [-0.3, -0.25) is 19.2 Å². The summed E-state index contributed by atoms with van der Waals surface area (Å²) < 4.78 is 5.46. The highest BCUT2D eigenvalue weighted by Crippen LogP contribution is 2.62. The third kappa shape index (κ3) is 4.25. The molecule has 3 amide bonds. The maximum Gasteiger partial charge on any atom is 0.271 e. The molecule has 1 aromatic carbocycles. The number of aromatic nitrogens is 1. The molecule has 0 spiro atoms. The Morgan fingerprint density at radius 3 is 2.76 bits per heavy atom. The second-order valence-corrected chi connectivity index (χ2v) is 11.5. The molecular formula is C29H36N4O5. The fourth-order valence-corrected chi connectivity index (χ4v) is 7.35. The number of aromatic amines is 1. The van der Waals surface area contributed by atoms with E-state index in [0.29, 0.717) is 55.1 Å². The Morgan fingerprint density at radius 2 is 2.00 bits per heavy atom. The van der Waals surface area contributed by atoms with Crippen LogP contribution in [0.2, 0.25) is 0 Å². The number of carbonyl (C=O) groups excluding carboxylic acids is 4. The van der Waals surface area contributed by atoms with Crippen LogP contribution < -0.4 is 15.4 Å². The van der Waals surface area contributed by atoms with E-state index in [9.17, 15) is 19.2 Å². The van der Waals surface area contributed by atoms with E-state index in [1.165, 1.54) is 6.42 Å². The fraction of sp³-hybridized carbons (Fsp3) is 0.586. The van der Waals surface area contributed by atoms with Crippen molar-refractivity contribution < 1.29 is 23.9 Å². The molecule has 4 fully saturated rings. The van der Waals surface area contributed by atoms with Gasteiger partial charge in [-0.15, -0.1) is 0 Å². The first kappa shape index (κ1) is 24.9. The molecule has 3 N–H and O–H groups in total. The van der Waals surface area contributed by atoms with Crippen molar-refractivity contribution in [3.63, 3.8) is 0 Å². The number of ether oxygens (including phenoxy) is 1. The molecule has 9 nitrogen and oxygen atoms in total. The summed E-state index contributed by atoms with van der Waals surface area (Å²) in [5.41, 5.74) is 1.23. The van der Waals surface area contributed by atoms with Crippen LogP contribution in [0.5, 0.6) is 5.75 Å². The number of nitrogens with zero attached hydrogens (tertiary/aromatic N) is 1. The first-order chi connectivity index (χ1) is 18.4. The molecule has 0 bridgehead atoms. The summed E-state index contributed by atoms with van der Waals surface area (Å²) >= 11 is 0. The van der Waals surface area contributed by atoms with Crippen LogP contribution in [0.4, 0.5) is 0 Å². The van der Waals surface area contributed by atoms with E-state index in [-0.39, 0.29) is 41.8 Å². The molecule has 6 rings (SSSR count). The van der Waals surface area contributed by atoms with Gasteiger partial charge in [-0.05, 0) is 74.0 Å². The predicted molar refractivity (Wildman–Crippen MR) is 140 cm³/mol. The van der Waals surface area contributed by atoms with Crippen molar-refractivity contribution in [3.05, 3.63) is 30.0 Å². The van der Waals surface area contributed by atoms with Gasteiger partial charge in [0.1, 0.15) is 17.5 Å². The molecule has 2 saturated heterocycles. The summed E-state index contributed by atoms with van der Waals surface area (Å²) in [5.74, 6) is 1.40. The smallest absolute Gasteiger partial charge is 0.271 e. The van der Waals surface area contributed by atoms with E-state index < -0.39 is 12.1 Å². The molecule has 7 unspecified atom stereocenters. The summed E-state index contributed by atoms with van der Waals surface area (Å²) in [4.78, 5) is 58.0. The SMILES string of the molecule is CCC(=O)C(CC1CCCNC1=O)NC(=O)C1C2CC3CC3C2CN1C(=O)c1cc2c(OC)cccc2[nH]1. The van der Waals surface area contributed by atoms with Crippen LogP contribution in [0.3, 0.4) is 0 Å². The number of hydrogen-bond acceptors (Lipinski definition) is 5. The zero-order chi connectivity index (χ0) is 26.6. The highest BCUT2D eigenvalue weighted by atomic mass is 16.5. The average Bonchev–Trinajstić information content (AvgIpc) is 3.25. The number of carbonyl (C=O) groups is 4. The third-order valence-electron chi connectivity index (χ3n) is 9.38. The zero-order valence-electron chi connectivity index (χ0n) is 22.0. The third-order valence-corrected chi connectivity index (χ3v) is 9.38. The van der Waals surface area contributed by atoms with E-state index in [0.717, 1.165) is 23.7 Å². The number of rotatable bonds is 8. The average molecular weight is 521 g/mol. The van der Waals surface area contributed by atoms with Crippen LogP contribution in [0.25, 0.3) is 10.9 Å². The number of fused-ring (bicyclic) bond motifs is 4. The Hall–Kier alpha value is -3.36. The Bertz CT molecular complexity index is 1290. The van der Waals surface area contributed by atoms with Crippen molar-refractivity contribution in [1.82, 2.24) is 20.5 Å². The summed E-state index contributed by atoms with van der Waals surface area (Å²) in [6.07, 6.45) is 4.26. The first-order valence-electron chi connectivity index (χ1n) is 14.0. The Kier molecular flexibility index (Phi) is 6.40. The number of piperidine rings is 1. The zero-order valence-corrected chi connectivity index (χ0v) is 22.0. The largest absolute Gasteiger partial charge is 0.496 e. The molecule has 2 aliphatic heterocycles. The van der Waals surface area contributed by atoms with E-state index in [1.807, 2.05) is 18.2 Å². The summed E-state index contributed by atoms with van der Waals surface area (Å²) in [7, 11) is 1.60. The van der Waals surface area contributed by atoms with Gasteiger partial charge in [0.15, 0.2) is 5.78 Å². The van der Waals surface area contributed by atoms with Gasteiger partial charge >= 0.3 is 0 Å². The Labute approximate surface area is 222 Å². The van der Waals surface area contributed by atoms with Gasteiger partial charge in [-0.25, -0.2) is 0 Å². The number of Topliss-reactive ketones (excluding diaryl/α,β-unsaturated/α-hetero) is 1. The van der Waals surface area contributed by atoms with E-state index in [2.05, 4.69) is 15.6 Å². The first-order valence-corrected chi connectivity index (χ1v) is 14.0. The maximum atomic E-state index is 13.9. The van der Waals surface area contributed by atoms with Crippen molar-refractivity contribution in [2.45, 2.75) is 57.5 Å². The number of ketones is 1. The van der Waals surface area contributed by atoms with E-state index >= 15 is 0 Å². The van der Waals surface area contributed by atoms with Gasteiger partial charge in [0.2, 0.25) is 11.8 Å². The molecule has 4 aliphatic rings. The molecule has 2 aliphatic carbocycles. The van der Waals surface area contributed by atoms with Crippen LogP contribution >= 0.6 is 0 Å². The number of nitrogens with one attached hydrogen (secondary N) is 3. The van der Waals surface area contributed by atoms with Crippen LogP contribution in [-0.4, -0.2) is 65.7 Å². The quantitative estimate of drug-likeness (QED) is 0.494. The topological polar surface area (TPSA) is 121 Å². The Morgan fingerprint density at radius 1 is 1.18 bits per heavy atom. The minimum absolute atomic E-state index is 0.0535. The van der Waals surface area contributed by atoms with Crippen molar-refractivity contribution in [2.24, 2.45) is 29.6 Å². The number of H-pyrrole nitrogens is 1. The number of likely N-dealkylation sites (tertiary alicyclic amines) is 1. The van der Waals surface area contributed by atoms with Gasteiger partial charge in [0, 0.05) is 36.3 Å². The van der Waals surface area contributed by atoms with Crippen LogP contribution in [0, 0.1) is 29.6 Å². The minimum Gasteiger partial charge on any atom is -0.496 e. The molecule has 2 saturated carbocycles. The van der Waals surface area contributed by atoms with E-state index in [1.54, 1.807) is 25.0 Å².